The van der Waals surface area contributed by atoms with E-state index in [1.54, 1.807) is 0 Å². The van der Waals surface area contributed by atoms with Crippen molar-refractivity contribution in [2.75, 3.05) is 5.32 Å². The summed E-state index contributed by atoms with van der Waals surface area (Å²) in [6, 6.07) is 0. The maximum absolute atomic E-state index is 11.8. The van der Waals surface area contributed by atoms with Crippen molar-refractivity contribution in [3.05, 3.63) is 16.0 Å². The molecule has 1 aromatic rings. The first-order chi connectivity index (χ1) is 9.06. The van der Waals surface area contributed by atoms with Crippen LogP contribution in [0.2, 0.25) is 0 Å². The highest BCUT2D eigenvalue weighted by molar-refractivity contribution is 7.17. The number of primary amides is 1. The van der Waals surface area contributed by atoms with E-state index in [1.165, 1.54) is 11.3 Å². The third-order valence-corrected chi connectivity index (χ3v) is 4.84. The summed E-state index contributed by atoms with van der Waals surface area (Å²) in [5, 5.41) is 13.1. The van der Waals surface area contributed by atoms with E-state index < -0.39 is 5.91 Å². The molecule has 1 saturated carbocycles. The zero-order valence-electron chi connectivity index (χ0n) is 10.4. The van der Waals surface area contributed by atoms with Crippen LogP contribution in [-0.4, -0.2) is 23.0 Å². The summed E-state index contributed by atoms with van der Waals surface area (Å²) < 4.78 is 0. The number of anilines is 1. The molecule has 0 spiro atoms. The molecule has 2 amide bonds. The Morgan fingerprint density at radius 2 is 2.05 bits per heavy atom. The third-order valence-electron chi connectivity index (χ3n) is 3.67. The van der Waals surface area contributed by atoms with Crippen LogP contribution in [0.25, 0.3) is 0 Å². The third kappa shape index (κ3) is 2.37. The molecule has 19 heavy (non-hydrogen) atoms. The van der Waals surface area contributed by atoms with Crippen LogP contribution in [0.15, 0.2) is 0 Å². The van der Waals surface area contributed by atoms with Crippen molar-refractivity contribution in [3.63, 3.8) is 0 Å². The van der Waals surface area contributed by atoms with Gasteiger partial charge in [0.25, 0.3) is 5.91 Å². The fourth-order valence-corrected chi connectivity index (χ4v) is 3.80. The smallest absolute Gasteiger partial charge is 0.251 e. The number of aliphatic hydroxyl groups is 1. The van der Waals surface area contributed by atoms with Gasteiger partial charge in [0.1, 0.15) is 5.00 Å². The van der Waals surface area contributed by atoms with E-state index in [0.29, 0.717) is 29.8 Å². The summed E-state index contributed by atoms with van der Waals surface area (Å²) in [4.78, 5) is 24.4. The molecule has 0 unspecified atom stereocenters. The van der Waals surface area contributed by atoms with Crippen LogP contribution in [0, 0.1) is 5.92 Å². The Balaban J connectivity index is 1.93. The molecule has 4 N–H and O–H groups in total. The molecule has 1 heterocycles. The van der Waals surface area contributed by atoms with Crippen LogP contribution in [0.1, 0.15) is 40.1 Å². The molecule has 6 heteroatoms. The van der Waals surface area contributed by atoms with Gasteiger partial charge < -0.3 is 16.2 Å². The maximum atomic E-state index is 11.8. The van der Waals surface area contributed by atoms with Gasteiger partial charge >= 0.3 is 0 Å². The van der Waals surface area contributed by atoms with E-state index >= 15 is 0 Å². The highest BCUT2D eigenvalue weighted by atomic mass is 32.1. The van der Waals surface area contributed by atoms with Gasteiger partial charge in [0.15, 0.2) is 0 Å². The number of aliphatic hydroxyl groups excluding tert-OH is 1. The number of carbonyl (C=O) groups is 2. The lowest BCUT2D eigenvalue weighted by molar-refractivity contribution is -0.117. The number of fused-ring (bicyclic) bond motifs is 1. The van der Waals surface area contributed by atoms with Crippen LogP contribution < -0.4 is 11.1 Å². The lowest BCUT2D eigenvalue weighted by atomic mass is 9.93. The van der Waals surface area contributed by atoms with Crippen molar-refractivity contribution in [2.45, 2.75) is 38.2 Å². The van der Waals surface area contributed by atoms with Crippen LogP contribution >= 0.6 is 11.3 Å². The molecule has 3 rings (SSSR count). The van der Waals surface area contributed by atoms with Gasteiger partial charge in [0, 0.05) is 17.2 Å². The van der Waals surface area contributed by atoms with Crippen LogP contribution in [0.5, 0.6) is 0 Å². The minimum Gasteiger partial charge on any atom is -0.393 e. The Labute approximate surface area is 114 Å². The Hall–Kier alpha value is -1.40. The Kier molecular flexibility index (Phi) is 3.06. The molecule has 1 fully saturated rings. The molecular weight excluding hydrogens is 264 g/mol. The van der Waals surface area contributed by atoms with Crippen LogP contribution in [0.4, 0.5) is 5.00 Å². The predicted molar refractivity (Wildman–Crippen MR) is 72.2 cm³/mol. The largest absolute Gasteiger partial charge is 0.393 e. The van der Waals surface area contributed by atoms with Crippen molar-refractivity contribution in [2.24, 2.45) is 11.7 Å². The summed E-state index contributed by atoms with van der Waals surface area (Å²) in [5.41, 5.74) is 6.80. The van der Waals surface area contributed by atoms with Gasteiger partial charge in [-0.15, -0.1) is 11.3 Å². The quantitative estimate of drug-likeness (QED) is 0.772. The monoisotopic (exact) mass is 280 g/mol. The molecule has 1 atom stereocenters. The fraction of sp³-hybridized carbons (Fsp3) is 0.538. The Bertz CT molecular complexity index is 548. The first kappa shape index (κ1) is 12.6. The maximum Gasteiger partial charge on any atom is 0.251 e. The predicted octanol–water partition coefficient (Wildman–Crippen LogP) is 1.05. The van der Waals surface area contributed by atoms with Gasteiger partial charge in [-0.25, -0.2) is 0 Å². The first-order valence-corrected chi connectivity index (χ1v) is 7.31. The van der Waals surface area contributed by atoms with Gasteiger partial charge in [-0.05, 0) is 31.2 Å². The Morgan fingerprint density at radius 3 is 2.68 bits per heavy atom. The average molecular weight is 280 g/mol. The lowest BCUT2D eigenvalue weighted by Gasteiger charge is -2.17. The zero-order valence-corrected chi connectivity index (χ0v) is 11.3. The molecule has 1 aromatic heterocycles. The van der Waals surface area contributed by atoms with Crippen molar-refractivity contribution in [3.8, 4) is 0 Å². The highest BCUT2D eigenvalue weighted by Gasteiger charge is 2.32. The van der Waals surface area contributed by atoms with Gasteiger partial charge in [-0.1, -0.05) is 0 Å². The lowest BCUT2D eigenvalue weighted by Crippen LogP contribution is -2.21. The van der Waals surface area contributed by atoms with Crippen LogP contribution in [-0.2, 0) is 17.6 Å². The van der Waals surface area contributed by atoms with Gasteiger partial charge in [0.2, 0.25) is 5.91 Å². The first-order valence-electron chi connectivity index (χ1n) is 6.49. The molecule has 0 aliphatic heterocycles. The van der Waals surface area contributed by atoms with Gasteiger partial charge in [0.05, 0.1) is 11.7 Å². The highest BCUT2D eigenvalue weighted by Crippen LogP contribution is 2.39. The normalized spacial score (nSPS) is 21.8. The minimum absolute atomic E-state index is 0.0263. The second-order valence-electron chi connectivity index (χ2n) is 5.23. The SMILES string of the molecule is NC(=O)c1c(NC(=O)C2CC2)sc2c1CC[C@@H](O)C2. The van der Waals surface area contributed by atoms with Crippen molar-refractivity contribution in [1.82, 2.24) is 0 Å². The second kappa shape index (κ2) is 4.61. The van der Waals surface area contributed by atoms with Crippen molar-refractivity contribution >= 4 is 28.2 Å². The van der Waals surface area contributed by atoms with Gasteiger partial charge in [-0.3, -0.25) is 9.59 Å². The standard InChI is InChI=1S/C13H16N2O3S/c14-11(17)10-8-4-3-7(16)5-9(8)19-13(10)15-12(18)6-1-2-6/h6-7,16H,1-5H2,(H2,14,17)(H,15,18)/t7-/m1/s1. The molecule has 2 aliphatic rings. The molecular formula is C13H16N2O3S. The summed E-state index contributed by atoms with van der Waals surface area (Å²) in [7, 11) is 0. The number of amides is 2. The number of carbonyl (C=O) groups excluding carboxylic acids is 2. The number of nitrogens with one attached hydrogen (secondary N) is 1. The molecule has 0 aromatic carbocycles. The van der Waals surface area contributed by atoms with Crippen molar-refractivity contribution < 1.29 is 14.7 Å². The number of rotatable bonds is 3. The average Bonchev–Trinajstić information content (AvgIpc) is 3.11. The fourth-order valence-electron chi connectivity index (χ4n) is 2.48. The van der Waals surface area contributed by atoms with E-state index in [-0.39, 0.29) is 17.9 Å². The molecule has 0 bridgehead atoms. The molecule has 0 radical (unpaired) electrons. The summed E-state index contributed by atoms with van der Waals surface area (Å²) >= 11 is 1.37. The van der Waals surface area contributed by atoms with Crippen molar-refractivity contribution in [1.29, 1.82) is 0 Å². The summed E-state index contributed by atoms with van der Waals surface area (Å²) in [6.45, 7) is 0. The Morgan fingerprint density at radius 1 is 1.32 bits per heavy atom. The molecule has 102 valence electrons. The van der Waals surface area contributed by atoms with E-state index in [4.69, 9.17) is 5.73 Å². The van der Waals surface area contributed by atoms with E-state index in [0.717, 1.165) is 23.3 Å². The number of hydrogen-bond acceptors (Lipinski definition) is 4. The minimum atomic E-state index is -0.500. The topological polar surface area (TPSA) is 92.4 Å². The number of hydrogen-bond donors (Lipinski definition) is 3. The molecule has 0 saturated heterocycles. The number of nitrogens with two attached hydrogens (primary N) is 1. The van der Waals surface area contributed by atoms with E-state index in [9.17, 15) is 14.7 Å². The number of thiophene rings is 1. The van der Waals surface area contributed by atoms with Gasteiger partial charge in [-0.2, -0.15) is 0 Å². The summed E-state index contributed by atoms with van der Waals surface area (Å²) in [6.07, 6.45) is 3.30. The molecule has 5 nitrogen and oxygen atoms in total. The van der Waals surface area contributed by atoms with E-state index in [2.05, 4.69) is 5.32 Å². The summed E-state index contributed by atoms with van der Waals surface area (Å²) in [5.74, 6) is -0.438. The van der Waals surface area contributed by atoms with Crippen LogP contribution in [0.3, 0.4) is 0 Å². The van der Waals surface area contributed by atoms with E-state index in [1.807, 2.05) is 0 Å². The zero-order chi connectivity index (χ0) is 13.6. The second-order valence-corrected chi connectivity index (χ2v) is 6.34. The molecule has 2 aliphatic carbocycles.